The van der Waals surface area contributed by atoms with Crippen LogP contribution in [0, 0.1) is 5.41 Å². The smallest absolute Gasteiger partial charge is 0.406 e. The summed E-state index contributed by atoms with van der Waals surface area (Å²) in [5.74, 6) is -2.27. The molecule has 2 aliphatic heterocycles. The van der Waals surface area contributed by atoms with Crippen molar-refractivity contribution in [2.75, 3.05) is 19.9 Å². The number of nitrogens with zero attached hydrogens (tertiary/aromatic N) is 1. The molecule has 2 aliphatic rings. The number of alkyl halides is 3. The molecule has 0 radical (unpaired) electrons. The third-order valence-electron chi connectivity index (χ3n) is 4.18. The van der Waals surface area contributed by atoms with Gasteiger partial charge in [-0.3, -0.25) is 9.59 Å². The lowest BCUT2D eigenvalue weighted by Gasteiger charge is -2.27. The summed E-state index contributed by atoms with van der Waals surface area (Å²) in [6, 6.07) is 2.57. The lowest BCUT2D eigenvalue weighted by molar-refractivity contribution is -0.227. The van der Waals surface area contributed by atoms with Crippen LogP contribution >= 0.6 is 11.6 Å². The Kier molecular flexibility index (Phi) is 3.78. The van der Waals surface area contributed by atoms with E-state index in [1.807, 2.05) is 0 Å². The summed E-state index contributed by atoms with van der Waals surface area (Å²) in [5, 5.41) is 9.12. The number of carboxylic acid groups (broad SMARTS) is 1. The van der Waals surface area contributed by atoms with E-state index < -0.39 is 36.4 Å². The van der Waals surface area contributed by atoms with E-state index in [1.54, 1.807) is 0 Å². The molecule has 1 N–H and O–H groups in total. The summed E-state index contributed by atoms with van der Waals surface area (Å²) in [5.41, 5.74) is -2.95. The van der Waals surface area contributed by atoms with Crippen LogP contribution in [0.5, 0.6) is 11.5 Å². The molecule has 1 saturated heterocycles. The molecule has 10 heteroatoms. The fourth-order valence-electron chi connectivity index (χ4n) is 2.78. The minimum Gasteiger partial charge on any atom is -0.481 e. The molecule has 0 bridgehead atoms. The Bertz CT molecular complexity index is 723. The second-order valence-electron chi connectivity index (χ2n) is 5.55. The van der Waals surface area contributed by atoms with Crippen molar-refractivity contribution in [3.63, 3.8) is 0 Å². The number of halogens is 4. The van der Waals surface area contributed by atoms with Crippen LogP contribution < -0.4 is 9.47 Å². The second-order valence-corrected chi connectivity index (χ2v) is 5.96. The van der Waals surface area contributed by atoms with Gasteiger partial charge in [0, 0.05) is 18.7 Å². The minimum absolute atomic E-state index is 0.00705. The number of hydrogen-bond acceptors (Lipinski definition) is 4. The number of likely N-dealkylation sites (tertiary alicyclic amines) is 1. The number of rotatable bonds is 2. The number of carbonyl (C=O) groups is 2. The molecule has 130 valence electrons. The van der Waals surface area contributed by atoms with Gasteiger partial charge in [0.15, 0.2) is 16.9 Å². The van der Waals surface area contributed by atoms with E-state index >= 15 is 0 Å². The van der Waals surface area contributed by atoms with Crippen LogP contribution in [0.2, 0.25) is 5.02 Å². The summed E-state index contributed by atoms with van der Waals surface area (Å²) in [6.45, 7) is -1.35. The number of carboxylic acids is 1. The van der Waals surface area contributed by atoms with Crippen molar-refractivity contribution in [2.45, 2.75) is 12.6 Å². The van der Waals surface area contributed by atoms with E-state index in [0.717, 1.165) is 4.90 Å². The predicted octanol–water partition coefficient (Wildman–Crippen LogP) is 2.55. The highest BCUT2D eigenvalue weighted by atomic mass is 35.5. The van der Waals surface area contributed by atoms with E-state index in [1.165, 1.54) is 12.1 Å². The highest BCUT2D eigenvalue weighted by Gasteiger charge is 2.64. The maximum atomic E-state index is 13.2. The first-order valence-corrected chi connectivity index (χ1v) is 7.22. The van der Waals surface area contributed by atoms with Crippen LogP contribution in [-0.2, 0) is 4.79 Å². The molecule has 1 aromatic carbocycles. The van der Waals surface area contributed by atoms with Gasteiger partial charge in [-0.2, -0.15) is 13.2 Å². The average molecular weight is 366 g/mol. The molecule has 0 spiro atoms. The Balaban J connectivity index is 1.88. The van der Waals surface area contributed by atoms with E-state index in [9.17, 15) is 22.8 Å². The first-order chi connectivity index (χ1) is 11.2. The molecule has 1 fully saturated rings. The Morgan fingerprint density at radius 1 is 1.29 bits per heavy atom. The highest BCUT2D eigenvalue weighted by molar-refractivity contribution is 6.32. The van der Waals surface area contributed by atoms with Crippen molar-refractivity contribution >= 4 is 23.5 Å². The lowest BCUT2D eigenvalue weighted by Crippen LogP contribution is -2.47. The number of fused-ring (bicyclic) bond motifs is 1. The topological polar surface area (TPSA) is 76.1 Å². The molecule has 1 aromatic rings. The average Bonchev–Trinajstić information content (AvgIpc) is 3.13. The monoisotopic (exact) mass is 365 g/mol. The van der Waals surface area contributed by atoms with Crippen molar-refractivity contribution in [3.05, 3.63) is 22.7 Å². The Labute approximate surface area is 138 Å². The molecule has 3 rings (SSSR count). The molecule has 0 aromatic heterocycles. The number of ether oxygens (including phenoxy) is 2. The number of hydrogen-bond donors (Lipinski definition) is 1. The summed E-state index contributed by atoms with van der Waals surface area (Å²) in [4.78, 5) is 24.5. The van der Waals surface area contributed by atoms with Crippen molar-refractivity contribution < 1.29 is 37.3 Å². The predicted molar refractivity (Wildman–Crippen MR) is 74.2 cm³/mol. The summed E-state index contributed by atoms with van der Waals surface area (Å²) in [7, 11) is 0. The van der Waals surface area contributed by atoms with Crippen molar-refractivity contribution in [3.8, 4) is 11.5 Å². The van der Waals surface area contributed by atoms with Gasteiger partial charge in [-0.05, 0) is 18.6 Å². The van der Waals surface area contributed by atoms with E-state index in [4.69, 9.17) is 26.2 Å². The SMILES string of the molecule is O=C(c1cc(Cl)c2c(c1)OCO2)N1CCC(C(=O)O)(C(F)(F)F)C1. The number of aliphatic carboxylic acids is 1. The molecule has 0 saturated carbocycles. The van der Waals surface area contributed by atoms with Crippen molar-refractivity contribution in [1.82, 2.24) is 4.90 Å². The van der Waals surface area contributed by atoms with Gasteiger partial charge in [0.2, 0.25) is 6.79 Å². The number of carbonyl (C=O) groups excluding carboxylic acids is 1. The Morgan fingerprint density at radius 3 is 2.58 bits per heavy atom. The molecule has 0 aliphatic carbocycles. The van der Waals surface area contributed by atoms with E-state index in [-0.39, 0.29) is 35.4 Å². The fourth-order valence-corrected chi connectivity index (χ4v) is 3.05. The molecular formula is C14H11ClF3NO5. The maximum Gasteiger partial charge on any atom is 0.406 e. The van der Waals surface area contributed by atoms with Gasteiger partial charge in [0.1, 0.15) is 0 Å². The number of benzene rings is 1. The lowest BCUT2D eigenvalue weighted by atomic mass is 9.86. The largest absolute Gasteiger partial charge is 0.481 e. The Morgan fingerprint density at radius 2 is 2.00 bits per heavy atom. The zero-order valence-corrected chi connectivity index (χ0v) is 12.8. The van der Waals surface area contributed by atoms with Gasteiger partial charge in [-0.15, -0.1) is 0 Å². The first-order valence-electron chi connectivity index (χ1n) is 6.84. The standard InChI is InChI=1S/C14H11ClF3NO5/c15-8-3-7(4-9-10(8)24-6-23-9)11(20)19-2-1-13(5-19,12(21)22)14(16,17)18/h3-4H,1-2,5-6H2,(H,21,22). The first kappa shape index (κ1) is 16.7. The molecular weight excluding hydrogens is 355 g/mol. The van der Waals surface area contributed by atoms with Crippen LogP contribution in [0.1, 0.15) is 16.8 Å². The fraction of sp³-hybridized carbons (Fsp3) is 0.429. The van der Waals surface area contributed by atoms with Gasteiger partial charge in [-0.25, -0.2) is 0 Å². The second kappa shape index (κ2) is 5.44. The van der Waals surface area contributed by atoms with Gasteiger partial charge in [0.05, 0.1) is 5.02 Å². The van der Waals surface area contributed by atoms with E-state index in [2.05, 4.69) is 0 Å². The molecule has 2 heterocycles. The van der Waals surface area contributed by atoms with Gasteiger partial charge in [-0.1, -0.05) is 11.6 Å². The molecule has 1 amide bonds. The van der Waals surface area contributed by atoms with Gasteiger partial charge in [0.25, 0.3) is 5.91 Å². The summed E-state index contributed by atoms with van der Waals surface area (Å²) in [6.07, 6.45) is -5.66. The summed E-state index contributed by atoms with van der Waals surface area (Å²) < 4.78 is 49.7. The van der Waals surface area contributed by atoms with Gasteiger partial charge >= 0.3 is 12.1 Å². The van der Waals surface area contributed by atoms with Crippen LogP contribution in [0.25, 0.3) is 0 Å². The van der Waals surface area contributed by atoms with Crippen LogP contribution in [0.4, 0.5) is 13.2 Å². The van der Waals surface area contributed by atoms with E-state index in [0.29, 0.717) is 0 Å². The molecule has 1 atom stereocenters. The number of amides is 1. The maximum absolute atomic E-state index is 13.2. The van der Waals surface area contributed by atoms with Crippen LogP contribution in [-0.4, -0.2) is 47.9 Å². The molecule has 24 heavy (non-hydrogen) atoms. The van der Waals surface area contributed by atoms with Crippen molar-refractivity contribution in [2.24, 2.45) is 5.41 Å². The zero-order valence-electron chi connectivity index (χ0n) is 12.0. The normalized spacial score (nSPS) is 22.8. The zero-order chi connectivity index (χ0) is 17.7. The molecule has 6 nitrogen and oxygen atoms in total. The highest BCUT2D eigenvalue weighted by Crippen LogP contribution is 2.46. The Hall–Kier alpha value is -2.16. The summed E-state index contributed by atoms with van der Waals surface area (Å²) >= 11 is 5.95. The molecule has 1 unspecified atom stereocenters. The van der Waals surface area contributed by atoms with Crippen molar-refractivity contribution in [1.29, 1.82) is 0 Å². The quantitative estimate of drug-likeness (QED) is 0.871. The van der Waals surface area contributed by atoms with Crippen LogP contribution in [0.15, 0.2) is 12.1 Å². The minimum atomic E-state index is -4.96. The van der Waals surface area contributed by atoms with Crippen LogP contribution in [0.3, 0.4) is 0 Å². The van der Waals surface area contributed by atoms with Gasteiger partial charge < -0.3 is 19.5 Å². The third kappa shape index (κ3) is 2.43. The third-order valence-corrected chi connectivity index (χ3v) is 4.46.